The largest absolute Gasteiger partial charge is 0.493 e. The first kappa shape index (κ1) is 14.9. The Labute approximate surface area is 120 Å². The molecule has 1 amide bonds. The lowest BCUT2D eigenvalue weighted by molar-refractivity contribution is -0.130. The Balaban J connectivity index is 1.72. The minimum atomic E-state index is -0.336. The first-order valence-electron chi connectivity index (χ1n) is 7.21. The van der Waals surface area contributed by atoms with Crippen molar-refractivity contribution in [3.05, 3.63) is 29.8 Å². The van der Waals surface area contributed by atoms with Crippen LogP contribution in [0.15, 0.2) is 24.3 Å². The molecule has 0 saturated carbocycles. The standard InChI is InChI=1S/C16H23NO3/c1-12-3-5-15(6-4-12)20-10-8-16(19)17-9-7-14(11-17)13(2)18/h3-6,13-14,18H,7-11H2,1-2H3. The first-order valence-corrected chi connectivity index (χ1v) is 7.21. The molecule has 20 heavy (non-hydrogen) atoms. The summed E-state index contributed by atoms with van der Waals surface area (Å²) in [6, 6.07) is 7.81. The lowest BCUT2D eigenvalue weighted by Gasteiger charge is -2.17. The number of hydrogen-bond acceptors (Lipinski definition) is 3. The number of amides is 1. The van der Waals surface area contributed by atoms with Crippen LogP contribution in [0, 0.1) is 12.8 Å². The number of carbonyl (C=O) groups is 1. The van der Waals surface area contributed by atoms with Gasteiger partial charge < -0.3 is 14.7 Å². The van der Waals surface area contributed by atoms with Gasteiger partial charge in [0.25, 0.3) is 0 Å². The van der Waals surface area contributed by atoms with Crippen LogP contribution in [0.2, 0.25) is 0 Å². The maximum atomic E-state index is 12.0. The highest BCUT2D eigenvalue weighted by Crippen LogP contribution is 2.20. The van der Waals surface area contributed by atoms with Gasteiger partial charge in [0.05, 0.1) is 19.1 Å². The van der Waals surface area contributed by atoms with Gasteiger partial charge in [0, 0.05) is 19.0 Å². The summed E-state index contributed by atoms with van der Waals surface area (Å²) in [6.07, 6.45) is 0.944. The van der Waals surface area contributed by atoms with E-state index in [4.69, 9.17) is 4.74 Å². The molecule has 0 bridgehead atoms. The Morgan fingerprint density at radius 1 is 1.45 bits per heavy atom. The van der Waals surface area contributed by atoms with Crippen LogP contribution >= 0.6 is 0 Å². The van der Waals surface area contributed by atoms with E-state index in [1.165, 1.54) is 5.56 Å². The molecule has 0 aliphatic carbocycles. The molecule has 1 saturated heterocycles. The third-order valence-corrected chi connectivity index (χ3v) is 3.87. The van der Waals surface area contributed by atoms with Gasteiger partial charge in [-0.15, -0.1) is 0 Å². The van der Waals surface area contributed by atoms with Crippen LogP contribution in [0.1, 0.15) is 25.3 Å². The molecule has 1 aromatic rings. The number of ether oxygens (including phenoxy) is 1. The van der Waals surface area contributed by atoms with Gasteiger partial charge in [0.1, 0.15) is 5.75 Å². The van der Waals surface area contributed by atoms with Crippen molar-refractivity contribution in [2.45, 2.75) is 32.8 Å². The number of aryl methyl sites for hydroxylation is 1. The van der Waals surface area contributed by atoms with Crippen molar-refractivity contribution in [2.24, 2.45) is 5.92 Å². The second kappa shape index (κ2) is 6.75. The highest BCUT2D eigenvalue weighted by molar-refractivity contribution is 5.76. The van der Waals surface area contributed by atoms with E-state index in [0.29, 0.717) is 19.6 Å². The molecule has 1 fully saturated rings. The highest BCUT2D eigenvalue weighted by atomic mass is 16.5. The second-order valence-corrected chi connectivity index (χ2v) is 5.54. The van der Waals surface area contributed by atoms with Crippen LogP contribution in [0.3, 0.4) is 0 Å². The Bertz CT molecular complexity index is 442. The number of rotatable bonds is 5. The minimum Gasteiger partial charge on any atom is -0.493 e. The maximum Gasteiger partial charge on any atom is 0.226 e. The van der Waals surface area contributed by atoms with E-state index in [0.717, 1.165) is 18.7 Å². The van der Waals surface area contributed by atoms with Crippen molar-refractivity contribution in [1.29, 1.82) is 0 Å². The smallest absolute Gasteiger partial charge is 0.226 e. The zero-order chi connectivity index (χ0) is 14.5. The summed E-state index contributed by atoms with van der Waals surface area (Å²) in [4.78, 5) is 13.9. The SMILES string of the molecule is Cc1ccc(OCCC(=O)N2CCC(C(C)O)C2)cc1. The number of carbonyl (C=O) groups excluding carboxylic acids is 1. The first-order chi connectivity index (χ1) is 9.56. The maximum absolute atomic E-state index is 12.0. The van der Waals surface area contributed by atoms with Crippen molar-refractivity contribution in [2.75, 3.05) is 19.7 Å². The molecule has 0 spiro atoms. The quantitative estimate of drug-likeness (QED) is 0.895. The molecule has 4 heteroatoms. The van der Waals surface area contributed by atoms with Crippen molar-refractivity contribution in [3.63, 3.8) is 0 Å². The molecule has 1 aromatic carbocycles. The summed E-state index contributed by atoms with van der Waals surface area (Å²) in [5.74, 6) is 1.13. The molecule has 2 rings (SSSR count). The lowest BCUT2D eigenvalue weighted by Crippen LogP contribution is -2.31. The molecule has 1 aliphatic rings. The van der Waals surface area contributed by atoms with Gasteiger partial charge in [-0.05, 0) is 32.4 Å². The topological polar surface area (TPSA) is 49.8 Å². The number of hydrogen-bond donors (Lipinski definition) is 1. The Morgan fingerprint density at radius 2 is 2.15 bits per heavy atom. The van der Waals surface area contributed by atoms with Crippen LogP contribution in [0.5, 0.6) is 5.75 Å². The van der Waals surface area contributed by atoms with Crippen molar-refractivity contribution in [1.82, 2.24) is 4.90 Å². The Kier molecular flexibility index (Phi) is 5.01. The van der Waals surface area contributed by atoms with E-state index in [1.807, 2.05) is 36.1 Å². The second-order valence-electron chi connectivity index (χ2n) is 5.54. The predicted octanol–water partition coefficient (Wildman–Crippen LogP) is 1.99. The van der Waals surface area contributed by atoms with E-state index in [9.17, 15) is 9.90 Å². The van der Waals surface area contributed by atoms with Gasteiger partial charge in [-0.25, -0.2) is 0 Å². The Morgan fingerprint density at radius 3 is 2.75 bits per heavy atom. The van der Waals surface area contributed by atoms with Gasteiger partial charge in [-0.2, -0.15) is 0 Å². The van der Waals surface area contributed by atoms with E-state index in [-0.39, 0.29) is 17.9 Å². The molecule has 2 atom stereocenters. The normalized spacial score (nSPS) is 19.9. The van der Waals surface area contributed by atoms with E-state index in [1.54, 1.807) is 6.92 Å². The third kappa shape index (κ3) is 3.97. The number of nitrogens with zero attached hydrogens (tertiary/aromatic N) is 1. The van der Waals surface area contributed by atoms with Gasteiger partial charge in [0.15, 0.2) is 0 Å². The molecule has 0 radical (unpaired) electrons. The number of aliphatic hydroxyl groups excluding tert-OH is 1. The average Bonchev–Trinajstić information content (AvgIpc) is 2.91. The highest BCUT2D eigenvalue weighted by Gasteiger charge is 2.28. The molecule has 4 nitrogen and oxygen atoms in total. The van der Waals surface area contributed by atoms with Crippen LogP contribution in [-0.2, 0) is 4.79 Å². The summed E-state index contributed by atoms with van der Waals surface area (Å²) in [6.45, 7) is 5.64. The van der Waals surface area contributed by atoms with Gasteiger partial charge >= 0.3 is 0 Å². The summed E-state index contributed by atoms with van der Waals surface area (Å²) < 4.78 is 5.57. The van der Waals surface area contributed by atoms with Crippen LogP contribution in [-0.4, -0.2) is 41.7 Å². The zero-order valence-electron chi connectivity index (χ0n) is 12.2. The molecule has 1 aliphatic heterocycles. The molecular formula is C16H23NO3. The molecular weight excluding hydrogens is 254 g/mol. The zero-order valence-corrected chi connectivity index (χ0v) is 12.2. The Hall–Kier alpha value is -1.55. The van der Waals surface area contributed by atoms with Crippen molar-refractivity contribution >= 4 is 5.91 Å². The fraction of sp³-hybridized carbons (Fsp3) is 0.562. The number of aliphatic hydroxyl groups is 1. The fourth-order valence-corrected chi connectivity index (χ4v) is 2.46. The third-order valence-electron chi connectivity index (χ3n) is 3.87. The van der Waals surface area contributed by atoms with E-state index < -0.39 is 0 Å². The molecule has 1 heterocycles. The average molecular weight is 277 g/mol. The van der Waals surface area contributed by atoms with Crippen LogP contribution in [0.25, 0.3) is 0 Å². The lowest BCUT2D eigenvalue weighted by atomic mass is 10.0. The van der Waals surface area contributed by atoms with Gasteiger partial charge in [-0.3, -0.25) is 4.79 Å². The molecule has 0 aromatic heterocycles. The van der Waals surface area contributed by atoms with Crippen molar-refractivity contribution in [3.8, 4) is 5.75 Å². The number of benzene rings is 1. The van der Waals surface area contributed by atoms with Gasteiger partial charge in [0.2, 0.25) is 5.91 Å². The summed E-state index contributed by atoms with van der Waals surface area (Å²) >= 11 is 0. The molecule has 1 N–H and O–H groups in total. The summed E-state index contributed by atoms with van der Waals surface area (Å²) in [5.41, 5.74) is 1.19. The van der Waals surface area contributed by atoms with Crippen LogP contribution < -0.4 is 4.74 Å². The van der Waals surface area contributed by atoms with Crippen LogP contribution in [0.4, 0.5) is 0 Å². The summed E-state index contributed by atoms with van der Waals surface area (Å²) in [5, 5.41) is 9.54. The monoisotopic (exact) mass is 277 g/mol. The molecule has 110 valence electrons. The summed E-state index contributed by atoms with van der Waals surface area (Å²) in [7, 11) is 0. The van der Waals surface area contributed by atoms with Crippen molar-refractivity contribution < 1.29 is 14.6 Å². The molecule has 2 unspecified atom stereocenters. The van der Waals surface area contributed by atoms with E-state index >= 15 is 0 Å². The predicted molar refractivity (Wildman–Crippen MR) is 77.7 cm³/mol. The minimum absolute atomic E-state index is 0.111. The fourth-order valence-electron chi connectivity index (χ4n) is 2.46. The van der Waals surface area contributed by atoms with E-state index in [2.05, 4.69) is 0 Å². The number of likely N-dealkylation sites (tertiary alicyclic amines) is 1. The van der Waals surface area contributed by atoms with Gasteiger partial charge in [-0.1, -0.05) is 17.7 Å².